The molecule has 0 aliphatic heterocycles. The first-order valence-corrected chi connectivity index (χ1v) is 6.13. The summed E-state index contributed by atoms with van der Waals surface area (Å²) in [5.41, 5.74) is 1.01. The van der Waals surface area contributed by atoms with Crippen LogP contribution < -0.4 is 4.74 Å². The molecule has 20 heavy (non-hydrogen) atoms. The average Bonchev–Trinajstić information content (AvgIpc) is 2.38. The van der Waals surface area contributed by atoms with E-state index in [2.05, 4.69) is 4.74 Å². The Hall–Kier alpha value is -1.75. The maximum absolute atomic E-state index is 13.2. The van der Waals surface area contributed by atoms with Gasteiger partial charge in [0.25, 0.3) is 0 Å². The summed E-state index contributed by atoms with van der Waals surface area (Å²) < 4.78 is 54.3. The van der Waals surface area contributed by atoms with Crippen LogP contribution in [0.15, 0.2) is 42.5 Å². The largest absolute Gasteiger partial charge is 0.573 e. The molecule has 0 saturated carbocycles. The van der Waals surface area contributed by atoms with Crippen LogP contribution in [0.1, 0.15) is 5.56 Å². The fraction of sp³-hybridized carbons (Fsp3) is 0.143. The van der Waals surface area contributed by atoms with Crippen LogP contribution in [0.5, 0.6) is 5.75 Å². The second-order valence-corrected chi connectivity index (χ2v) is 4.25. The Morgan fingerprint density at radius 1 is 1.00 bits per heavy atom. The van der Waals surface area contributed by atoms with Crippen molar-refractivity contribution < 1.29 is 22.3 Å². The first kappa shape index (κ1) is 14.7. The second kappa shape index (κ2) is 5.71. The molecule has 0 heterocycles. The minimum Gasteiger partial charge on any atom is -0.405 e. The first-order chi connectivity index (χ1) is 9.40. The monoisotopic (exact) mass is 304 g/mol. The molecule has 0 saturated heterocycles. The molecule has 0 aliphatic carbocycles. The van der Waals surface area contributed by atoms with Crippen molar-refractivity contribution in [2.75, 3.05) is 0 Å². The van der Waals surface area contributed by atoms with Crippen molar-refractivity contribution in [3.05, 3.63) is 53.8 Å². The number of hydrogen-bond donors (Lipinski definition) is 0. The molecule has 6 heteroatoms. The van der Waals surface area contributed by atoms with E-state index < -0.39 is 12.2 Å². The van der Waals surface area contributed by atoms with Crippen LogP contribution in [0.3, 0.4) is 0 Å². The molecule has 1 nitrogen and oxygen atoms in total. The maximum atomic E-state index is 13.2. The smallest absolute Gasteiger partial charge is 0.405 e. The fourth-order valence-electron chi connectivity index (χ4n) is 1.84. The Morgan fingerprint density at radius 3 is 2.35 bits per heavy atom. The van der Waals surface area contributed by atoms with Crippen LogP contribution >= 0.6 is 11.6 Å². The van der Waals surface area contributed by atoms with Gasteiger partial charge in [0.15, 0.2) is 0 Å². The van der Waals surface area contributed by atoms with Gasteiger partial charge in [0.1, 0.15) is 11.6 Å². The minimum absolute atomic E-state index is 0.0204. The van der Waals surface area contributed by atoms with Crippen molar-refractivity contribution in [3.63, 3.8) is 0 Å². The van der Waals surface area contributed by atoms with Crippen molar-refractivity contribution in [3.8, 4) is 16.9 Å². The summed E-state index contributed by atoms with van der Waals surface area (Å²) in [7, 11) is 0. The molecule has 2 aromatic carbocycles. The van der Waals surface area contributed by atoms with Crippen LogP contribution in [0, 0.1) is 5.82 Å². The topological polar surface area (TPSA) is 9.23 Å². The number of ether oxygens (including phenoxy) is 1. The lowest BCUT2D eigenvalue weighted by atomic mass is 9.99. The molecule has 0 N–H and O–H groups in total. The highest BCUT2D eigenvalue weighted by atomic mass is 35.5. The molecule has 2 aromatic rings. The summed E-state index contributed by atoms with van der Waals surface area (Å²) >= 11 is 5.71. The molecule has 106 valence electrons. The minimum atomic E-state index is -4.79. The molecule has 0 radical (unpaired) electrons. The van der Waals surface area contributed by atoms with Gasteiger partial charge < -0.3 is 4.74 Å². The summed E-state index contributed by atoms with van der Waals surface area (Å²) in [6.07, 6.45) is -4.79. The van der Waals surface area contributed by atoms with Gasteiger partial charge in [0.05, 0.1) is 0 Å². The van der Waals surface area contributed by atoms with Crippen molar-refractivity contribution in [2.24, 2.45) is 0 Å². The van der Waals surface area contributed by atoms with Gasteiger partial charge in [-0.05, 0) is 29.3 Å². The van der Waals surface area contributed by atoms with Crippen molar-refractivity contribution in [1.29, 1.82) is 0 Å². The Kier molecular flexibility index (Phi) is 4.18. The number of alkyl halides is 4. The lowest BCUT2D eigenvalue weighted by molar-refractivity contribution is -0.274. The maximum Gasteiger partial charge on any atom is 0.573 e. The molecule has 0 aromatic heterocycles. The Balaban J connectivity index is 2.53. The van der Waals surface area contributed by atoms with E-state index in [1.165, 1.54) is 30.3 Å². The summed E-state index contributed by atoms with van der Waals surface area (Å²) in [6.45, 7) is 0. The molecule has 0 aliphatic rings. The zero-order valence-electron chi connectivity index (χ0n) is 10.0. The van der Waals surface area contributed by atoms with Crippen molar-refractivity contribution >= 4 is 11.6 Å². The van der Waals surface area contributed by atoms with Crippen LogP contribution in [0.25, 0.3) is 11.1 Å². The number of hydrogen-bond acceptors (Lipinski definition) is 1. The molecular weight excluding hydrogens is 296 g/mol. The number of benzene rings is 2. The summed E-state index contributed by atoms with van der Waals surface area (Å²) in [5.74, 6) is -0.871. The van der Waals surface area contributed by atoms with E-state index in [1.807, 2.05) is 0 Å². The first-order valence-electron chi connectivity index (χ1n) is 5.60. The van der Waals surface area contributed by atoms with Gasteiger partial charge in [0, 0.05) is 11.4 Å². The van der Waals surface area contributed by atoms with Gasteiger partial charge in [0.2, 0.25) is 0 Å². The van der Waals surface area contributed by atoms with Crippen LogP contribution in [0.2, 0.25) is 0 Å². The third-order valence-electron chi connectivity index (χ3n) is 2.61. The van der Waals surface area contributed by atoms with E-state index in [9.17, 15) is 17.6 Å². The van der Waals surface area contributed by atoms with E-state index in [4.69, 9.17) is 11.6 Å². The van der Waals surface area contributed by atoms with Gasteiger partial charge in [-0.1, -0.05) is 24.3 Å². The van der Waals surface area contributed by atoms with E-state index in [0.29, 0.717) is 11.1 Å². The summed E-state index contributed by atoms with van der Waals surface area (Å²) in [5, 5.41) is 0. The van der Waals surface area contributed by atoms with E-state index in [1.54, 1.807) is 6.07 Å². The highest BCUT2D eigenvalue weighted by molar-refractivity contribution is 6.17. The number of para-hydroxylation sites is 1. The van der Waals surface area contributed by atoms with Gasteiger partial charge in [-0.2, -0.15) is 0 Å². The molecule has 0 bridgehead atoms. The zero-order valence-corrected chi connectivity index (χ0v) is 10.8. The van der Waals surface area contributed by atoms with Gasteiger partial charge in [-0.25, -0.2) is 4.39 Å². The van der Waals surface area contributed by atoms with E-state index in [0.717, 1.165) is 6.07 Å². The number of halogens is 5. The molecule has 2 rings (SSSR count). The predicted molar refractivity (Wildman–Crippen MR) is 68.1 cm³/mol. The lowest BCUT2D eigenvalue weighted by Crippen LogP contribution is -2.17. The Labute approximate surface area is 117 Å². The normalized spacial score (nSPS) is 11.4. The van der Waals surface area contributed by atoms with Crippen LogP contribution in [-0.2, 0) is 5.88 Å². The SMILES string of the molecule is Fc1ccc(-c2ccccc2OC(F)(F)F)c(CCl)c1. The third-order valence-corrected chi connectivity index (χ3v) is 2.90. The van der Waals surface area contributed by atoms with Crippen LogP contribution in [-0.4, -0.2) is 6.36 Å². The predicted octanol–water partition coefficient (Wildman–Crippen LogP) is 5.13. The molecular formula is C14H9ClF4O. The van der Waals surface area contributed by atoms with Gasteiger partial charge in [-0.3, -0.25) is 0 Å². The standard InChI is InChI=1S/C14H9ClF4O/c15-8-9-7-10(16)5-6-11(9)12-3-1-2-4-13(12)20-14(17,18)19/h1-7H,8H2. The molecule has 0 fully saturated rings. The quantitative estimate of drug-likeness (QED) is 0.564. The summed E-state index contributed by atoms with van der Waals surface area (Å²) in [4.78, 5) is 0. The van der Waals surface area contributed by atoms with Gasteiger partial charge >= 0.3 is 6.36 Å². The lowest BCUT2D eigenvalue weighted by Gasteiger charge is -2.15. The Morgan fingerprint density at radius 2 is 1.70 bits per heavy atom. The average molecular weight is 305 g/mol. The Bertz CT molecular complexity index is 610. The van der Waals surface area contributed by atoms with E-state index >= 15 is 0 Å². The van der Waals surface area contributed by atoms with Crippen LogP contribution in [0.4, 0.5) is 17.6 Å². The molecule has 0 unspecified atom stereocenters. The third kappa shape index (κ3) is 3.42. The highest BCUT2D eigenvalue weighted by Crippen LogP contribution is 2.36. The van der Waals surface area contributed by atoms with Gasteiger partial charge in [-0.15, -0.1) is 24.8 Å². The van der Waals surface area contributed by atoms with Crippen molar-refractivity contribution in [1.82, 2.24) is 0 Å². The molecule has 0 atom stereocenters. The summed E-state index contributed by atoms with van der Waals surface area (Å²) in [6, 6.07) is 9.39. The second-order valence-electron chi connectivity index (χ2n) is 3.98. The highest BCUT2D eigenvalue weighted by Gasteiger charge is 2.32. The van der Waals surface area contributed by atoms with Crippen molar-refractivity contribution in [2.45, 2.75) is 12.2 Å². The van der Waals surface area contributed by atoms with E-state index in [-0.39, 0.29) is 17.2 Å². The molecule has 0 spiro atoms. The molecule has 0 amide bonds. The fourth-order valence-corrected chi connectivity index (χ4v) is 2.06. The number of rotatable bonds is 3. The zero-order chi connectivity index (χ0) is 14.8.